The Morgan fingerprint density at radius 3 is 2.76 bits per heavy atom. The van der Waals surface area contributed by atoms with Gasteiger partial charge >= 0.3 is 5.97 Å². The van der Waals surface area contributed by atoms with Gasteiger partial charge < -0.3 is 28.8 Å². The van der Waals surface area contributed by atoms with Gasteiger partial charge in [0.05, 0.1) is 20.1 Å². The number of carbonyl (C=O) groups is 1. The van der Waals surface area contributed by atoms with E-state index in [0.29, 0.717) is 34.8 Å². The van der Waals surface area contributed by atoms with Crippen molar-refractivity contribution in [3.63, 3.8) is 0 Å². The zero-order valence-electron chi connectivity index (χ0n) is 13.7. The van der Waals surface area contributed by atoms with Crippen LogP contribution in [-0.2, 0) is 11.2 Å². The summed E-state index contributed by atoms with van der Waals surface area (Å²) in [6.45, 7) is -0.0701. The van der Waals surface area contributed by atoms with E-state index in [4.69, 9.17) is 23.7 Å². The average molecular weight is 344 g/mol. The Labute approximate surface area is 143 Å². The molecule has 5 rings (SSSR count). The number of phenols is 1. The SMILES string of the molecule is COc1cc2ccc1C1Cc3c(cc(O)c(OC)c3OC1=O)OCO2. The molecule has 130 valence electrons. The summed E-state index contributed by atoms with van der Waals surface area (Å²) in [4.78, 5) is 12.6. The summed E-state index contributed by atoms with van der Waals surface area (Å²) in [7, 11) is 2.93. The number of aromatic hydroxyl groups is 1. The van der Waals surface area contributed by atoms with Crippen molar-refractivity contribution < 1.29 is 33.6 Å². The highest BCUT2D eigenvalue weighted by atomic mass is 16.7. The molecule has 4 bridgehead atoms. The maximum atomic E-state index is 12.6. The predicted octanol–water partition coefficient (Wildman–Crippen LogP) is 2.38. The van der Waals surface area contributed by atoms with Crippen molar-refractivity contribution in [3.8, 4) is 34.5 Å². The van der Waals surface area contributed by atoms with Gasteiger partial charge in [-0.15, -0.1) is 0 Å². The van der Waals surface area contributed by atoms with E-state index in [1.165, 1.54) is 20.3 Å². The Bertz CT molecular complexity index is 859. The Morgan fingerprint density at radius 1 is 1.16 bits per heavy atom. The Morgan fingerprint density at radius 2 is 2.00 bits per heavy atom. The molecule has 7 nitrogen and oxygen atoms in total. The molecule has 3 heterocycles. The highest BCUT2D eigenvalue weighted by Gasteiger charge is 2.37. The number of ether oxygens (including phenoxy) is 5. The minimum atomic E-state index is -0.564. The van der Waals surface area contributed by atoms with Crippen LogP contribution in [0.5, 0.6) is 34.5 Å². The quantitative estimate of drug-likeness (QED) is 0.661. The Kier molecular flexibility index (Phi) is 3.56. The zero-order chi connectivity index (χ0) is 17.6. The fraction of sp³-hybridized carbons (Fsp3) is 0.278. The van der Waals surface area contributed by atoms with Crippen LogP contribution in [0.15, 0.2) is 24.3 Å². The largest absolute Gasteiger partial charge is 0.504 e. The van der Waals surface area contributed by atoms with Gasteiger partial charge in [-0.2, -0.15) is 0 Å². The summed E-state index contributed by atoms with van der Waals surface area (Å²) in [5.41, 5.74) is 1.33. The standard InChI is InChI=1S/C18H16O7/c1-21-14-5-9-3-4-10(14)11-6-12-15(24-8-23-9)7-13(19)17(22-2)16(12)25-18(11)20/h3-5,7,11,19H,6,8H2,1-2H3. The molecule has 0 aliphatic carbocycles. The van der Waals surface area contributed by atoms with E-state index in [1.54, 1.807) is 18.2 Å². The lowest BCUT2D eigenvalue weighted by molar-refractivity contribution is -0.137. The van der Waals surface area contributed by atoms with Crippen LogP contribution in [0.3, 0.4) is 0 Å². The summed E-state index contributed by atoms with van der Waals surface area (Å²) >= 11 is 0. The molecule has 0 saturated carbocycles. The minimum Gasteiger partial charge on any atom is -0.504 e. The van der Waals surface area contributed by atoms with Crippen molar-refractivity contribution >= 4 is 5.97 Å². The summed E-state index contributed by atoms with van der Waals surface area (Å²) in [6, 6.07) is 6.67. The monoisotopic (exact) mass is 344 g/mol. The first kappa shape index (κ1) is 15.4. The number of benzene rings is 2. The summed E-state index contributed by atoms with van der Waals surface area (Å²) in [6.07, 6.45) is 0.329. The van der Waals surface area contributed by atoms with Gasteiger partial charge in [-0.3, -0.25) is 4.79 Å². The molecule has 0 saturated heterocycles. The molecule has 0 fully saturated rings. The maximum Gasteiger partial charge on any atom is 0.319 e. The average Bonchev–Trinajstić information content (AvgIpc) is 2.65. The third-order valence-corrected chi connectivity index (χ3v) is 4.40. The number of fused-ring (bicyclic) bond motifs is 4. The first-order valence-electron chi connectivity index (χ1n) is 7.70. The van der Waals surface area contributed by atoms with Crippen molar-refractivity contribution in [2.24, 2.45) is 0 Å². The van der Waals surface area contributed by atoms with E-state index in [2.05, 4.69) is 0 Å². The van der Waals surface area contributed by atoms with Crippen LogP contribution in [0.4, 0.5) is 0 Å². The summed E-state index contributed by atoms with van der Waals surface area (Å²) < 4.78 is 27.3. The van der Waals surface area contributed by atoms with E-state index in [-0.39, 0.29) is 24.0 Å². The van der Waals surface area contributed by atoms with Crippen molar-refractivity contribution in [2.75, 3.05) is 21.0 Å². The van der Waals surface area contributed by atoms with E-state index in [1.807, 2.05) is 0 Å². The molecule has 1 N–H and O–H groups in total. The van der Waals surface area contributed by atoms with Crippen LogP contribution in [0.25, 0.3) is 0 Å². The molecule has 0 radical (unpaired) electrons. The van der Waals surface area contributed by atoms with Crippen LogP contribution in [0.1, 0.15) is 17.0 Å². The van der Waals surface area contributed by atoms with E-state index in [0.717, 1.165) is 0 Å². The molecule has 1 atom stereocenters. The minimum absolute atomic E-state index is 0.0701. The fourth-order valence-corrected chi connectivity index (χ4v) is 3.20. The van der Waals surface area contributed by atoms with Crippen LogP contribution < -0.4 is 23.7 Å². The second kappa shape index (κ2) is 5.77. The lowest BCUT2D eigenvalue weighted by Gasteiger charge is -2.27. The summed E-state index contributed by atoms with van der Waals surface area (Å²) in [5.74, 6) is 0.561. The number of hydrogen-bond donors (Lipinski definition) is 1. The molecule has 3 aliphatic heterocycles. The molecule has 0 aromatic heterocycles. The van der Waals surface area contributed by atoms with E-state index >= 15 is 0 Å². The third-order valence-electron chi connectivity index (χ3n) is 4.40. The maximum absolute atomic E-state index is 12.6. The first-order valence-corrected chi connectivity index (χ1v) is 7.70. The molecule has 0 spiro atoms. The normalized spacial score (nSPS) is 17.7. The lowest BCUT2D eigenvalue weighted by Crippen LogP contribution is -2.27. The zero-order valence-corrected chi connectivity index (χ0v) is 13.7. The smallest absolute Gasteiger partial charge is 0.319 e. The number of esters is 1. The Balaban J connectivity index is 1.93. The Hall–Kier alpha value is -3.09. The highest BCUT2D eigenvalue weighted by molar-refractivity contribution is 5.86. The summed E-state index contributed by atoms with van der Waals surface area (Å²) in [5, 5.41) is 10.1. The number of phenolic OH excluding ortho intramolecular Hbond substituents is 1. The second-order valence-corrected chi connectivity index (χ2v) is 5.72. The van der Waals surface area contributed by atoms with Gasteiger partial charge in [-0.25, -0.2) is 0 Å². The number of methoxy groups -OCH3 is 2. The molecule has 2 aromatic carbocycles. The molecule has 3 aliphatic rings. The van der Waals surface area contributed by atoms with Crippen LogP contribution in [0.2, 0.25) is 0 Å². The molecule has 2 aromatic rings. The number of rotatable bonds is 2. The lowest BCUT2D eigenvalue weighted by atomic mass is 9.88. The van der Waals surface area contributed by atoms with E-state index < -0.39 is 11.9 Å². The van der Waals surface area contributed by atoms with Crippen molar-refractivity contribution in [1.29, 1.82) is 0 Å². The highest BCUT2D eigenvalue weighted by Crippen LogP contribution is 2.50. The van der Waals surface area contributed by atoms with Crippen LogP contribution in [0, 0.1) is 0 Å². The predicted molar refractivity (Wildman–Crippen MR) is 85.9 cm³/mol. The second-order valence-electron chi connectivity index (χ2n) is 5.72. The van der Waals surface area contributed by atoms with Gasteiger partial charge in [0.15, 0.2) is 11.5 Å². The molecule has 1 unspecified atom stereocenters. The van der Waals surface area contributed by atoms with E-state index in [9.17, 15) is 9.90 Å². The van der Waals surface area contributed by atoms with Gasteiger partial charge in [0.25, 0.3) is 0 Å². The molecule has 0 amide bonds. The van der Waals surface area contributed by atoms with Crippen LogP contribution in [-0.4, -0.2) is 32.1 Å². The number of hydrogen-bond acceptors (Lipinski definition) is 7. The van der Waals surface area contributed by atoms with Gasteiger partial charge in [-0.1, -0.05) is 6.07 Å². The van der Waals surface area contributed by atoms with Gasteiger partial charge in [0, 0.05) is 23.3 Å². The number of carbonyl (C=O) groups excluding carboxylic acids is 1. The van der Waals surface area contributed by atoms with Crippen LogP contribution >= 0.6 is 0 Å². The van der Waals surface area contributed by atoms with Crippen molar-refractivity contribution in [3.05, 3.63) is 35.4 Å². The van der Waals surface area contributed by atoms with Gasteiger partial charge in [0.1, 0.15) is 17.2 Å². The molecular formula is C18H16O7. The topological polar surface area (TPSA) is 83.5 Å². The molecule has 25 heavy (non-hydrogen) atoms. The molecule has 7 heteroatoms. The van der Waals surface area contributed by atoms with Gasteiger partial charge in [-0.05, 0) is 12.5 Å². The van der Waals surface area contributed by atoms with Crippen molar-refractivity contribution in [2.45, 2.75) is 12.3 Å². The molecular weight excluding hydrogens is 328 g/mol. The van der Waals surface area contributed by atoms with Crippen molar-refractivity contribution in [1.82, 2.24) is 0 Å². The fourth-order valence-electron chi connectivity index (χ4n) is 3.20. The third kappa shape index (κ3) is 2.39. The first-order chi connectivity index (χ1) is 12.1. The van der Waals surface area contributed by atoms with Gasteiger partial charge in [0.2, 0.25) is 12.5 Å².